The molecule has 0 radical (unpaired) electrons. The lowest BCUT2D eigenvalue weighted by atomic mass is 10.1. The number of hydrogen-bond donors (Lipinski definition) is 1. The molecule has 176 valence electrons. The lowest BCUT2D eigenvalue weighted by molar-refractivity contribution is -0.122. The van der Waals surface area contributed by atoms with Gasteiger partial charge in [-0.3, -0.25) is 18.9 Å². The Kier molecular flexibility index (Phi) is 6.52. The second kappa shape index (κ2) is 9.89. The van der Waals surface area contributed by atoms with Crippen molar-refractivity contribution in [3.63, 3.8) is 0 Å². The zero-order chi connectivity index (χ0) is 24.4. The number of hydrogen-bond acceptors (Lipinski definition) is 7. The summed E-state index contributed by atoms with van der Waals surface area (Å²) in [7, 11) is 0. The number of rotatable bonds is 7. The number of carbonyl (C=O) groups is 1. The number of aryl methyl sites for hydroxylation is 1. The molecule has 4 aromatic rings. The molecule has 9 heteroatoms. The average molecular weight is 503 g/mol. The molecule has 35 heavy (non-hydrogen) atoms. The Morgan fingerprint density at radius 2 is 1.94 bits per heavy atom. The molecule has 4 heterocycles. The SMILES string of the molecule is Cc1cccn2c(=O)c(/C=C3/SC(=S)N(Cc4ccco4)C3=O)c(NCCc3ccccc3)nc12. The van der Waals surface area contributed by atoms with Gasteiger partial charge in [-0.15, -0.1) is 0 Å². The molecule has 0 aliphatic carbocycles. The number of furan rings is 1. The summed E-state index contributed by atoms with van der Waals surface area (Å²) in [5, 5.41) is 3.32. The number of carbonyl (C=O) groups excluding carboxylic acids is 1. The first-order valence-electron chi connectivity index (χ1n) is 11.1. The van der Waals surface area contributed by atoms with Gasteiger partial charge in [0.1, 0.15) is 21.5 Å². The first kappa shape index (κ1) is 23.1. The van der Waals surface area contributed by atoms with Gasteiger partial charge in [-0.25, -0.2) is 4.98 Å². The van der Waals surface area contributed by atoms with Crippen molar-refractivity contribution in [1.29, 1.82) is 0 Å². The van der Waals surface area contributed by atoms with Crippen molar-refractivity contribution in [2.45, 2.75) is 19.9 Å². The van der Waals surface area contributed by atoms with E-state index in [0.29, 0.717) is 38.6 Å². The molecule has 1 fully saturated rings. The van der Waals surface area contributed by atoms with Crippen molar-refractivity contribution in [3.05, 3.63) is 105 Å². The molecule has 0 atom stereocenters. The van der Waals surface area contributed by atoms with Crippen LogP contribution in [0.3, 0.4) is 0 Å². The predicted molar refractivity (Wildman–Crippen MR) is 142 cm³/mol. The molecule has 0 saturated carbocycles. The van der Waals surface area contributed by atoms with Crippen LogP contribution in [0.25, 0.3) is 11.7 Å². The predicted octanol–water partition coefficient (Wildman–Crippen LogP) is 4.65. The molecule has 1 N–H and O–H groups in total. The average Bonchev–Trinajstić information content (AvgIpc) is 3.47. The molecule has 0 spiro atoms. The van der Waals surface area contributed by atoms with Crippen molar-refractivity contribution in [2.24, 2.45) is 0 Å². The summed E-state index contributed by atoms with van der Waals surface area (Å²) < 4.78 is 7.29. The third-order valence-electron chi connectivity index (χ3n) is 5.68. The summed E-state index contributed by atoms with van der Waals surface area (Å²) in [4.78, 5) is 33.3. The topological polar surface area (TPSA) is 79.8 Å². The third kappa shape index (κ3) is 4.78. The van der Waals surface area contributed by atoms with Crippen LogP contribution in [0.4, 0.5) is 5.82 Å². The van der Waals surface area contributed by atoms with E-state index in [9.17, 15) is 9.59 Å². The van der Waals surface area contributed by atoms with Crippen LogP contribution in [0.5, 0.6) is 0 Å². The first-order chi connectivity index (χ1) is 17.0. The Morgan fingerprint density at radius 3 is 2.71 bits per heavy atom. The molecule has 1 saturated heterocycles. The van der Waals surface area contributed by atoms with Crippen LogP contribution in [-0.4, -0.2) is 31.1 Å². The van der Waals surface area contributed by atoms with Gasteiger partial charge in [-0.1, -0.05) is 60.4 Å². The third-order valence-corrected chi connectivity index (χ3v) is 7.05. The zero-order valence-electron chi connectivity index (χ0n) is 18.9. The van der Waals surface area contributed by atoms with Crippen molar-refractivity contribution in [3.8, 4) is 0 Å². The molecular formula is C26H22N4O3S2. The molecular weight excluding hydrogens is 480 g/mol. The maximum atomic E-state index is 13.5. The van der Waals surface area contributed by atoms with E-state index < -0.39 is 0 Å². The Balaban J connectivity index is 1.50. The van der Waals surface area contributed by atoms with Crippen LogP contribution < -0.4 is 10.9 Å². The number of anilines is 1. The van der Waals surface area contributed by atoms with E-state index in [0.717, 1.165) is 12.0 Å². The van der Waals surface area contributed by atoms with Crippen LogP contribution in [0, 0.1) is 6.92 Å². The molecule has 0 unspecified atom stereocenters. The minimum absolute atomic E-state index is 0.241. The Bertz CT molecular complexity index is 1490. The molecule has 5 rings (SSSR count). The highest BCUT2D eigenvalue weighted by Gasteiger charge is 2.33. The number of pyridine rings is 1. The summed E-state index contributed by atoms with van der Waals surface area (Å²) in [5.74, 6) is 0.811. The van der Waals surface area contributed by atoms with Gasteiger partial charge < -0.3 is 9.73 Å². The number of thiocarbonyl (C=S) groups is 1. The minimum Gasteiger partial charge on any atom is -0.467 e. The number of nitrogens with one attached hydrogen (secondary N) is 1. The second-order valence-electron chi connectivity index (χ2n) is 8.07. The monoisotopic (exact) mass is 502 g/mol. The second-order valence-corrected chi connectivity index (χ2v) is 9.75. The zero-order valence-corrected chi connectivity index (χ0v) is 20.6. The van der Waals surface area contributed by atoms with E-state index >= 15 is 0 Å². The number of fused-ring (bicyclic) bond motifs is 1. The largest absolute Gasteiger partial charge is 0.467 e. The number of aromatic nitrogens is 2. The van der Waals surface area contributed by atoms with Crippen LogP contribution in [0.2, 0.25) is 0 Å². The normalized spacial score (nSPS) is 14.9. The van der Waals surface area contributed by atoms with Gasteiger partial charge in [-0.2, -0.15) is 0 Å². The van der Waals surface area contributed by atoms with Crippen molar-refractivity contribution < 1.29 is 9.21 Å². The van der Waals surface area contributed by atoms with Gasteiger partial charge >= 0.3 is 0 Å². The summed E-state index contributed by atoms with van der Waals surface area (Å²) in [6, 6.07) is 17.4. The fourth-order valence-electron chi connectivity index (χ4n) is 3.87. The number of benzene rings is 1. The van der Waals surface area contributed by atoms with Gasteiger partial charge in [0.05, 0.1) is 23.3 Å². The Labute approximate surface area is 211 Å². The first-order valence-corrected chi connectivity index (χ1v) is 12.3. The maximum absolute atomic E-state index is 13.5. The van der Waals surface area contributed by atoms with Crippen LogP contribution in [0.15, 0.2) is 81.2 Å². The Morgan fingerprint density at radius 1 is 1.11 bits per heavy atom. The van der Waals surface area contributed by atoms with Crippen LogP contribution in [0.1, 0.15) is 22.5 Å². The van der Waals surface area contributed by atoms with E-state index in [1.807, 2.05) is 31.2 Å². The lowest BCUT2D eigenvalue weighted by Crippen LogP contribution is -2.27. The van der Waals surface area contributed by atoms with E-state index in [1.165, 1.54) is 26.6 Å². The highest BCUT2D eigenvalue weighted by molar-refractivity contribution is 8.26. The van der Waals surface area contributed by atoms with E-state index in [-0.39, 0.29) is 18.0 Å². The fourth-order valence-corrected chi connectivity index (χ4v) is 5.11. The standard InChI is InChI=1S/C26H22N4O3S2/c1-17-7-5-13-29-23(17)28-22(27-12-11-18-8-3-2-4-9-18)20(24(29)31)15-21-25(32)30(26(34)35-21)16-19-10-6-14-33-19/h2-10,13-15,27H,11-12,16H2,1H3/b21-15+. The lowest BCUT2D eigenvalue weighted by Gasteiger charge is -2.13. The van der Waals surface area contributed by atoms with E-state index in [2.05, 4.69) is 17.4 Å². The van der Waals surface area contributed by atoms with Gasteiger partial charge in [0.25, 0.3) is 11.5 Å². The number of nitrogens with zero attached hydrogens (tertiary/aromatic N) is 3. The van der Waals surface area contributed by atoms with Crippen molar-refractivity contribution >= 4 is 51.7 Å². The van der Waals surface area contributed by atoms with Gasteiger partial charge in [0.15, 0.2) is 0 Å². The van der Waals surface area contributed by atoms with E-state index in [4.69, 9.17) is 21.6 Å². The van der Waals surface area contributed by atoms with Gasteiger partial charge in [0, 0.05) is 12.7 Å². The van der Waals surface area contributed by atoms with Crippen LogP contribution in [-0.2, 0) is 17.8 Å². The van der Waals surface area contributed by atoms with Crippen molar-refractivity contribution in [1.82, 2.24) is 14.3 Å². The molecule has 1 amide bonds. The smallest absolute Gasteiger partial charge is 0.267 e. The summed E-state index contributed by atoms with van der Waals surface area (Å²) in [6.07, 6.45) is 5.60. The molecule has 1 aromatic carbocycles. The molecule has 0 bridgehead atoms. The highest BCUT2D eigenvalue weighted by atomic mass is 32.2. The maximum Gasteiger partial charge on any atom is 0.267 e. The number of thioether (sulfide) groups is 1. The van der Waals surface area contributed by atoms with Gasteiger partial charge in [0.2, 0.25) is 0 Å². The quantitative estimate of drug-likeness (QED) is 0.291. The minimum atomic E-state index is -0.264. The van der Waals surface area contributed by atoms with Gasteiger partial charge in [-0.05, 0) is 48.7 Å². The summed E-state index contributed by atoms with van der Waals surface area (Å²) in [6.45, 7) is 2.74. The molecule has 3 aromatic heterocycles. The number of amides is 1. The Hall–Kier alpha value is -3.69. The molecule has 1 aliphatic rings. The molecule has 7 nitrogen and oxygen atoms in total. The summed E-state index contributed by atoms with van der Waals surface area (Å²) >= 11 is 6.61. The van der Waals surface area contributed by atoms with E-state index in [1.54, 1.807) is 36.7 Å². The molecule has 1 aliphatic heterocycles. The summed E-state index contributed by atoms with van der Waals surface area (Å²) in [5.41, 5.74) is 2.69. The highest BCUT2D eigenvalue weighted by Crippen LogP contribution is 2.34. The fraction of sp³-hybridized carbons (Fsp3) is 0.154. The van der Waals surface area contributed by atoms with Crippen LogP contribution >= 0.6 is 24.0 Å². The van der Waals surface area contributed by atoms with Crippen molar-refractivity contribution in [2.75, 3.05) is 11.9 Å².